The number of nitrogens with two attached hydrogens (primary N) is 1. The van der Waals surface area contributed by atoms with Crippen molar-refractivity contribution in [3.05, 3.63) is 0 Å². The summed E-state index contributed by atoms with van der Waals surface area (Å²) in [4.78, 5) is 12.7. The van der Waals surface area contributed by atoms with Gasteiger partial charge in [-0.3, -0.25) is 4.79 Å². The Hall–Kier alpha value is -0.820. The molecule has 0 unspecified atom stereocenters. The Kier molecular flexibility index (Phi) is 7.07. The van der Waals surface area contributed by atoms with Gasteiger partial charge in [-0.05, 0) is 13.0 Å². The van der Waals surface area contributed by atoms with Crippen molar-refractivity contribution in [2.45, 2.75) is 19.0 Å². The maximum absolute atomic E-state index is 11.7. The lowest BCUT2D eigenvalue weighted by Gasteiger charge is -2.16. The first kappa shape index (κ1) is 15.2. The number of nitrogens with zero attached hydrogens (tertiary/aromatic N) is 1. The molecular formula is C9H17F3N2O2. The molecule has 1 amide bonds. The van der Waals surface area contributed by atoms with Crippen LogP contribution < -0.4 is 5.73 Å². The van der Waals surface area contributed by atoms with Gasteiger partial charge < -0.3 is 15.4 Å². The summed E-state index contributed by atoms with van der Waals surface area (Å²) in [5.74, 6) is -0.240. The third kappa shape index (κ3) is 8.49. The van der Waals surface area contributed by atoms with Gasteiger partial charge in [0.05, 0.1) is 13.0 Å². The van der Waals surface area contributed by atoms with E-state index in [1.54, 1.807) is 7.05 Å². The van der Waals surface area contributed by atoms with Gasteiger partial charge in [0.25, 0.3) is 0 Å². The number of alkyl halides is 3. The molecular weight excluding hydrogens is 225 g/mol. The Morgan fingerprint density at radius 1 is 1.44 bits per heavy atom. The van der Waals surface area contributed by atoms with E-state index in [1.807, 2.05) is 0 Å². The van der Waals surface area contributed by atoms with Crippen molar-refractivity contribution in [3.8, 4) is 0 Å². The molecule has 0 bridgehead atoms. The first-order valence-corrected chi connectivity index (χ1v) is 4.95. The summed E-state index contributed by atoms with van der Waals surface area (Å²) in [5, 5.41) is 0. The maximum atomic E-state index is 11.7. The molecule has 0 rings (SSSR count). The molecule has 0 atom stereocenters. The van der Waals surface area contributed by atoms with E-state index in [0.717, 1.165) is 0 Å². The van der Waals surface area contributed by atoms with E-state index in [2.05, 4.69) is 4.74 Å². The van der Waals surface area contributed by atoms with E-state index in [0.29, 0.717) is 19.5 Å². The molecule has 0 aromatic heterocycles. The smallest absolute Gasteiger partial charge is 0.372 e. The Morgan fingerprint density at radius 2 is 2.06 bits per heavy atom. The quantitative estimate of drug-likeness (QED) is 0.671. The topological polar surface area (TPSA) is 55.6 Å². The van der Waals surface area contributed by atoms with Crippen LogP contribution in [0.3, 0.4) is 0 Å². The fourth-order valence-electron chi connectivity index (χ4n) is 0.991. The number of ether oxygens (including phenoxy) is 1. The van der Waals surface area contributed by atoms with E-state index < -0.39 is 12.8 Å². The summed E-state index contributed by atoms with van der Waals surface area (Å²) in [6, 6.07) is 0. The molecule has 0 aromatic rings. The van der Waals surface area contributed by atoms with E-state index in [-0.39, 0.29) is 18.9 Å². The van der Waals surface area contributed by atoms with Crippen LogP contribution in [0.15, 0.2) is 0 Å². The molecule has 0 spiro atoms. The molecule has 0 saturated heterocycles. The minimum absolute atomic E-state index is 0.0445. The van der Waals surface area contributed by atoms with E-state index >= 15 is 0 Å². The van der Waals surface area contributed by atoms with Crippen molar-refractivity contribution in [1.29, 1.82) is 0 Å². The Bertz CT molecular complexity index is 209. The third-order valence-corrected chi connectivity index (χ3v) is 1.85. The summed E-state index contributed by atoms with van der Waals surface area (Å²) in [5.41, 5.74) is 5.26. The van der Waals surface area contributed by atoms with Crippen LogP contribution in [0.2, 0.25) is 0 Å². The Balaban J connectivity index is 3.57. The zero-order valence-corrected chi connectivity index (χ0v) is 9.22. The molecule has 0 heterocycles. The van der Waals surface area contributed by atoms with Crippen LogP contribution in [-0.4, -0.2) is 50.3 Å². The third-order valence-electron chi connectivity index (χ3n) is 1.85. The number of carbonyl (C=O) groups excluding carboxylic acids is 1. The van der Waals surface area contributed by atoms with Gasteiger partial charge in [0.2, 0.25) is 5.91 Å². The summed E-state index contributed by atoms with van der Waals surface area (Å²) >= 11 is 0. The second-order valence-corrected chi connectivity index (χ2v) is 3.38. The minimum atomic E-state index is -4.34. The van der Waals surface area contributed by atoms with E-state index in [4.69, 9.17) is 5.73 Å². The highest BCUT2D eigenvalue weighted by Crippen LogP contribution is 2.14. The zero-order chi connectivity index (χ0) is 12.6. The molecule has 16 heavy (non-hydrogen) atoms. The van der Waals surface area contributed by atoms with Crippen molar-refractivity contribution in [2.75, 3.05) is 33.4 Å². The van der Waals surface area contributed by atoms with Gasteiger partial charge >= 0.3 is 6.18 Å². The average molecular weight is 242 g/mol. The maximum Gasteiger partial charge on any atom is 0.411 e. The molecule has 0 aliphatic heterocycles. The van der Waals surface area contributed by atoms with Crippen molar-refractivity contribution < 1.29 is 22.7 Å². The summed E-state index contributed by atoms with van der Waals surface area (Å²) in [6.45, 7) is -0.547. The second kappa shape index (κ2) is 7.45. The summed E-state index contributed by atoms with van der Waals surface area (Å²) in [7, 11) is 1.59. The lowest BCUT2D eigenvalue weighted by atomic mass is 10.3. The highest BCUT2D eigenvalue weighted by atomic mass is 19.4. The average Bonchev–Trinajstić information content (AvgIpc) is 2.19. The normalized spacial score (nSPS) is 11.6. The predicted molar refractivity (Wildman–Crippen MR) is 52.8 cm³/mol. The SMILES string of the molecule is CN(CCCN)C(=O)CCOCC(F)(F)F. The van der Waals surface area contributed by atoms with Gasteiger partial charge in [0.15, 0.2) is 0 Å². The lowest BCUT2D eigenvalue weighted by Crippen LogP contribution is -2.30. The zero-order valence-electron chi connectivity index (χ0n) is 9.22. The molecule has 0 aromatic carbocycles. The van der Waals surface area contributed by atoms with Crippen molar-refractivity contribution in [1.82, 2.24) is 4.90 Å². The Morgan fingerprint density at radius 3 is 2.56 bits per heavy atom. The molecule has 0 aliphatic rings. The van der Waals surface area contributed by atoms with Gasteiger partial charge in [-0.1, -0.05) is 0 Å². The van der Waals surface area contributed by atoms with Crippen LogP contribution in [0.25, 0.3) is 0 Å². The standard InChI is InChI=1S/C9H17F3N2O2/c1-14(5-2-4-13)8(15)3-6-16-7-9(10,11)12/h2-7,13H2,1H3. The first-order chi connectivity index (χ1) is 7.37. The van der Waals surface area contributed by atoms with Crippen molar-refractivity contribution in [2.24, 2.45) is 5.73 Å². The van der Waals surface area contributed by atoms with Gasteiger partial charge in [-0.25, -0.2) is 0 Å². The van der Waals surface area contributed by atoms with Crippen LogP contribution in [0.1, 0.15) is 12.8 Å². The molecule has 7 heteroatoms. The second-order valence-electron chi connectivity index (χ2n) is 3.38. The largest absolute Gasteiger partial charge is 0.411 e. The van der Waals surface area contributed by atoms with Crippen LogP contribution >= 0.6 is 0 Å². The number of rotatable bonds is 7. The fraction of sp³-hybridized carbons (Fsp3) is 0.889. The van der Waals surface area contributed by atoms with E-state index in [9.17, 15) is 18.0 Å². The first-order valence-electron chi connectivity index (χ1n) is 4.95. The van der Waals surface area contributed by atoms with Crippen LogP contribution in [-0.2, 0) is 9.53 Å². The van der Waals surface area contributed by atoms with Crippen LogP contribution in [0.4, 0.5) is 13.2 Å². The van der Waals surface area contributed by atoms with Gasteiger partial charge in [-0.2, -0.15) is 13.2 Å². The number of hydrogen-bond donors (Lipinski definition) is 1. The Labute approximate surface area is 92.5 Å². The molecule has 2 N–H and O–H groups in total. The van der Waals surface area contributed by atoms with Crippen molar-refractivity contribution in [3.63, 3.8) is 0 Å². The number of amides is 1. The molecule has 0 fully saturated rings. The highest BCUT2D eigenvalue weighted by Gasteiger charge is 2.27. The molecule has 4 nitrogen and oxygen atoms in total. The number of halogens is 3. The fourth-order valence-corrected chi connectivity index (χ4v) is 0.991. The molecule has 0 saturated carbocycles. The molecule has 96 valence electrons. The number of hydrogen-bond acceptors (Lipinski definition) is 3. The van der Waals surface area contributed by atoms with Gasteiger partial charge in [0.1, 0.15) is 6.61 Å². The monoisotopic (exact) mass is 242 g/mol. The van der Waals surface area contributed by atoms with E-state index in [1.165, 1.54) is 4.90 Å². The van der Waals surface area contributed by atoms with Crippen LogP contribution in [0, 0.1) is 0 Å². The highest BCUT2D eigenvalue weighted by molar-refractivity contribution is 5.75. The minimum Gasteiger partial charge on any atom is -0.372 e. The van der Waals surface area contributed by atoms with Gasteiger partial charge in [0, 0.05) is 13.6 Å². The number of carbonyl (C=O) groups is 1. The summed E-state index contributed by atoms with van der Waals surface area (Å²) < 4.78 is 39.3. The molecule has 0 aliphatic carbocycles. The summed E-state index contributed by atoms with van der Waals surface area (Å²) in [6.07, 6.45) is -3.71. The lowest BCUT2D eigenvalue weighted by molar-refractivity contribution is -0.175. The van der Waals surface area contributed by atoms with Crippen LogP contribution in [0.5, 0.6) is 0 Å². The molecule has 0 radical (unpaired) electrons. The van der Waals surface area contributed by atoms with Crippen molar-refractivity contribution >= 4 is 5.91 Å². The van der Waals surface area contributed by atoms with Gasteiger partial charge in [-0.15, -0.1) is 0 Å². The predicted octanol–water partition coefficient (Wildman–Crippen LogP) is 0.763.